The van der Waals surface area contributed by atoms with Crippen LogP contribution in [0.5, 0.6) is 11.5 Å². The number of anilines is 1. The van der Waals surface area contributed by atoms with Crippen molar-refractivity contribution in [1.82, 2.24) is 5.32 Å². The number of aryl methyl sites for hydroxylation is 1. The number of carbonyl (C=O) groups excluding carboxylic acids is 1. The molecule has 0 saturated carbocycles. The number of amides is 1. The third-order valence-electron chi connectivity index (χ3n) is 5.00. The van der Waals surface area contributed by atoms with Gasteiger partial charge in [0.1, 0.15) is 18.0 Å². The molecule has 0 radical (unpaired) electrons. The van der Waals surface area contributed by atoms with Crippen LogP contribution < -0.4 is 19.1 Å². The summed E-state index contributed by atoms with van der Waals surface area (Å²) in [5, 5.41) is 2.80. The maximum absolute atomic E-state index is 13.5. The molecule has 7 nitrogen and oxygen atoms in total. The molecule has 1 N–H and O–H groups in total. The molecule has 3 rings (SSSR count). The molecule has 3 aromatic rings. The van der Waals surface area contributed by atoms with Gasteiger partial charge in [-0.05, 0) is 44.2 Å². The zero-order valence-electron chi connectivity index (χ0n) is 18.9. The molecule has 0 fully saturated rings. The number of hydrogen-bond donors (Lipinski definition) is 1. The number of nitrogens with zero attached hydrogens (tertiary/aromatic N) is 1. The summed E-state index contributed by atoms with van der Waals surface area (Å²) in [4.78, 5) is 13.0. The topological polar surface area (TPSA) is 84.9 Å². The van der Waals surface area contributed by atoms with Crippen LogP contribution in [-0.2, 0) is 21.4 Å². The quantitative estimate of drug-likeness (QED) is 0.488. The molecule has 0 saturated heterocycles. The van der Waals surface area contributed by atoms with Crippen LogP contribution in [0.2, 0.25) is 0 Å². The fraction of sp³-hybridized carbons (Fsp3) is 0.240. The Bertz CT molecular complexity index is 1190. The van der Waals surface area contributed by atoms with Crippen LogP contribution in [-0.4, -0.2) is 34.6 Å². The molecule has 0 bridgehead atoms. The van der Waals surface area contributed by atoms with Crippen molar-refractivity contribution in [1.29, 1.82) is 0 Å². The number of sulfonamides is 1. The molecule has 0 spiro atoms. The molecular weight excluding hydrogens is 440 g/mol. The van der Waals surface area contributed by atoms with Crippen molar-refractivity contribution in [2.24, 2.45) is 0 Å². The molecule has 0 aliphatic carbocycles. The Morgan fingerprint density at radius 1 is 0.939 bits per heavy atom. The van der Waals surface area contributed by atoms with E-state index >= 15 is 0 Å². The number of methoxy groups -OCH3 is 1. The zero-order chi connectivity index (χ0) is 23.8. The van der Waals surface area contributed by atoms with E-state index in [1.54, 1.807) is 36.4 Å². The zero-order valence-corrected chi connectivity index (χ0v) is 19.8. The van der Waals surface area contributed by atoms with Gasteiger partial charge < -0.3 is 14.8 Å². The Morgan fingerprint density at radius 2 is 1.58 bits per heavy atom. The van der Waals surface area contributed by atoms with Crippen molar-refractivity contribution in [2.75, 3.05) is 24.6 Å². The van der Waals surface area contributed by atoms with Gasteiger partial charge in [-0.1, -0.05) is 48.0 Å². The van der Waals surface area contributed by atoms with Crippen LogP contribution in [0.25, 0.3) is 0 Å². The van der Waals surface area contributed by atoms with Gasteiger partial charge in [0.05, 0.1) is 24.3 Å². The van der Waals surface area contributed by atoms with Crippen LogP contribution >= 0.6 is 0 Å². The lowest BCUT2D eigenvalue weighted by Gasteiger charge is -2.25. The van der Waals surface area contributed by atoms with Crippen molar-refractivity contribution in [2.45, 2.75) is 25.3 Å². The van der Waals surface area contributed by atoms with Crippen molar-refractivity contribution in [3.05, 3.63) is 83.9 Å². The van der Waals surface area contributed by atoms with Gasteiger partial charge in [0.25, 0.3) is 10.0 Å². The highest BCUT2D eigenvalue weighted by molar-refractivity contribution is 7.92. The van der Waals surface area contributed by atoms with Gasteiger partial charge in [0.2, 0.25) is 5.91 Å². The minimum absolute atomic E-state index is 0.0912. The maximum Gasteiger partial charge on any atom is 0.264 e. The normalized spacial score (nSPS) is 11.0. The van der Waals surface area contributed by atoms with Crippen molar-refractivity contribution in [3.8, 4) is 11.5 Å². The van der Waals surface area contributed by atoms with E-state index in [1.165, 1.54) is 19.2 Å². The Balaban J connectivity index is 1.89. The molecule has 8 heteroatoms. The second-order valence-corrected chi connectivity index (χ2v) is 9.18. The molecule has 0 unspecified atom stereocenters. The first-order chi connectivity index (χ1) is 15.9. The highest BCUT2D eigenvalue weighted by Crippen LogP contribution is 2.32. The molecule has 0 aromatic heterocycles. The Kier molecular flexibility index (Phi) is 7.95. The van der Waals surface area contributed by atoms with E-state index in [0.29, 0.717) is 18.1 Å². The summed E-state index contributed by atoms with van der Waals surface area (Å²) in [6.07, 6.45) is 0. The smallest absolute Gasteiger partial charge is 0.264 e. The second-order valence-electron chi connectivity index (χ2n) is 7.31. The lowest BCUT2D eigenvalue weighted by Crippen LogP contribution is -2.40. The average Bonchev–Trinajstić information content (AvgIpc) is 2.82. The van der Waals surface area contributed by atoms with Gasteiger partial charge in [-0.3, -0.25) is 9.10 Å². The predicted octanol–water partition coefficient (Wildman–Crippen LogP) is 3.91. The lowest BCUT2D eigenvalue weighted by atomic mass is 10.2. The molecule has 174 valence electrons. The fourth-order valence-corrected chi connectivity index (χ4v) is 4.73. The largest absolute Gasteiger partial charge is 0.495 e. The van der Waals surface area contributed by atoms with Crippen LogP contribution in [0.3, 0.4) is 0 Å². The maximum atomic E-state index is 13.5. The molecule has 3 aromatic carbocycles. The number of ether oxygens (including phenoxy) is 2. The number of para-hydroxylation sites is 3. The summed E-state index contributed by atoms with van der Waals surface area (Å²) in [5.74, 6) is 0.569. The molecule has 0 heterocycles. The highest BCUT2D eigenvalue weighted by atomic mass is 32.2. The minimum Gasteiger partial charge on any atom is -0.495 e. The molecule has 0 aliphatic heterocycles. The summed E-state index contributed by atoms with van der Waals surface area (Å²) >= 11 is 0. The number of carbonyl (C=O) groups is 1. The van der Waals surface area contributed by atoms with E-state index in [2.05, 4.69) is 5.32 Å². The first-order valence-corrected chi connectivity index (χ1v) is 12.0. The molecule has 33 heavy (non-hydrogen) atoms. The van der Waals surface area contributed by atoms with Crippen LogP contribution in [0.15, 0.2) is 77.7 Å². The van der Waals surface area contributed by atoms with Gasteiger partial charge in [-0.25, -0.2) is 8.42 Å². The van der Waals surface area contributed by atoms with E-state index in [-0.39, 0.29) is 17.1 Å². The third kappa shape index (κ3) is 5.84. The van der Waals surface area contributed by atoms with Gasteiger partial charge in [-0.2, -0.15) is 0 Å². The number of hydrogen-bond acceptors (Lipinski definition) is 5. The Morgan fingerprint density at radius 3 is 2.24 bits per heavy atom. The van der Waals surface area contributed by atoms with Crippen molar-refractivity contribution >= 4 is 21.6 Å². The lowest BCUT2D eigenvalue weighted by molar-refractivity contribution is -0.119. The molecule has 0 atom stereocenters. The summed E-state index contributed by atoms with van der Waals surface area (Å²) in [6.45, 7) is 4.06. The predicted molar refractivity (Wildman–Crippen MR) is 128 cm³/mol. The van der Waals surface area contributed by atoms with Gasteiger partial charge >= 0.3 is 0 Å². The van der Waals surface area contributed by atoms with Crippen molar-refractivity contribution < 1.29 is 22.7 Å². The van der Waals surface area contributed by atoms with E-state index in [4.69, 9.17) is 9.47 Å². The molecule has 0 aliphatic rings. The monoisotopic (exact) mass is 468 g/mol. The number of rotatable bonds is 10. The second kappa shape index (κ2) is 10.9. The summed E-state index contributed by atoms with van der Waals surface area (Å²) in [7, 11) is -2.57. The van der Waals surface area contributed by atoms with Crippen molar-refractivity contribution in [3.63, 3.8) is 0 Å². The fourth-order valence-electron chi connectivity index (χ4n) is 3.30. The van der Waals surface area contributed by atoms with Gasteiger partial charge in [0.15, 0.2) is 0 Å². The first kappa shape index (κ1) is 24.1. The highest BCUT2D eigenvalue weighted by Gasteiger charge is 2.29. The first-order valence-electron chi connectivity index (χ1n) is 10.6. The van der Waals surface area contributed by atoms with E-state index in [9.17, 15) is 13.2 Å². The van der Waals surface area contributed by atoms with E-state index in [0.717, 1.165) is 15.4 Å². The average molecular weight is 469 g/mol. The van der Waals surface area contributed by atoms with Crippen LogP contribution in [0.4, 0.5) is 5.69 Å². The minimum atomic E-state index is -4.03. The van der Waals surface area contributed by atoms with Gasteiger partial charge in [0, 0.05) is 12.1 Å². The third-order valence-corrected chi connectivity index (χ3v) is 6.77. The summed E-state index contributed by atoms with van der Waals surface area (Å²) < 4.78 is 39.1. The summed E-state index contributed by atoms with van der Waals surface area (Å²) in [5.41, 5.74) is 2.02. The van der Waals surface area contributed by atoms with Crippen LogP contribution in [0, 0.1) is 6.92 Å². The Hall–Kier alpha value is -3.52. The Labute approximate surface area is 195 Å². The number of benzene rings is 3. The standard InChI is InChI=1S/C25H28N2O5S/c1-4-32-23-11-7-5-9-20(23)17-26-25(28)18-27(22-10-6-8-12-24(22)31-3)33(29,30)21-15-13-19(2)14-16-21/h5-16H,4,17-18H2,1-3H3,(H,26,28). The van der Waals surface area contributed by atoms with E-state index in [1.807, 2.05) is 38.1 Å². The SMILES string of the molecule is CCOc1ccccc1CNC(=O)CN(c1ccccc1OC)S(=O)(=O)c1ccc(C)cc1. The van der Waals surface area contributed by atoms with Gasteiger partial charge in [-0.15, -0.1) is 0 Å². The summed E-state index contributed by atoms with van der Waals surface area (Å²) in [6, 6.07) is 20.6. The van der Waals surface area contributed by atoms with Crippen LogP contribution in [0.1, 0.15) is 18.1 Å². The van der Waals surface area contributed by atoms with E-state index < -0.39 is 22.5 Å². The molecular formula is C25H28N2O5S. The molecule has 1 amide bonds. The number of nitrogens with one attached hydrogen (secondary N) is 1.